The molecule has 0 atom stereocenters. The number of halogens is 3. The predicted molar refractivity (Wildman–Crippen MR) is 133 cm³/mol. The Balaban J connectivity index is 1.80. The van der Waals surface area contributed by atoms with E-state index in [1.165, 1.54) is 31.4 Å². The number of aryl methyl sites for hydroxylation is 1. The van der Waals surface area contributed by atoms with Gasteiger partial charge in [0.05, 0.1) is 23.7 Å². The van der Waals surface area contributed by atoms with E-state index in [1.54, 1.807) is 6.07 Å². The van der Waals surface area contributed by atoms with Crippen molar-refractivity contribution in [3.05, 3.63) is 47.5 Å². The summed E-state index contributed by atoms with van der Waals surface area (Å²) in [4.78, 5) is 17.1. The number of fused-ring (bicyclic) bond motifs is 1. The zero-order chi connectivity index (χ0) is 26.5. The molecule has 1 aromatic heterocycles. The Labute approximate surface area is 208 Å². The number of benzene rings is 2. The first-order chi connectivity index (χ1) is 16.7. The second-order valence-electron chi connectivity index (χ2n) is 11.2. The highest BCUT2D eigenvalue weighted by Gasteiger charge is 2.40. The van der Waals surface area contributed by atoms with Crippen molar-refractivity contribution in [3.63, 3.8) is 0 Å². The van der Waals surface area contributed by atoms with Crippen LogP contribution < -0.4 is 10.1 Å². The zero-order valence-electron chi connectivity index (χ0n) is 21.4. The minimum absolute atomic E-state index is 0.109. The zero-order valence-corrected chi connectivity index (χ0v) is 21.4. The predicted octanol–water partition coefficient (Wildman–Crippen LogP) is 7.55. The van der Waals surface area contributed by atoms with E-state index in [1.807, 2.05) is 13.0 Å². The molecule has 3 aromatic rings. The van der Waals surface area contributed by atoms with Crippen molar-refractivity contribution >= 4 is 28.6 Å². The lowest BCUT2D eigenvalue weighted by Gasteiger charge is -2.45. The standard InChI is InChI=1S/C27H32F3N3O3/c1-16-11-22-21(12-20(16)23(34)35-6)32-24(31-17-7-9-19(10-8-17)36-27(28,29)30)33(22)18-13-25(2,3)15-26(4,5)14-18/h7-12,18H,13-15H2,1-6H3,(H,31,32). The number of rotatable bonds is 5. The van der Waals surface area contributed by atoms with Crippen LogP contribution in [-0.2, 0) is 4.74 Å². The Morgan fingerprint density at radius 2 is 1.69 bits per heavy atom. The molecule has 1 fully saturated rings. The van der Waals surface area contributed by atoms with Crippen molar-refractivity contribution < 1.29 is 27.4 Å². The molecule has 2 aromatic carbocycles. The highest BCUT2D eigenvalue weighted by atomic mass is 19.4. The van der Waals surface area contributed by atoms with E-state index in [2.05, 4.69) is 42.3 Å². The summed E-state index contributed by atoms with van der Waals surface area (Å²) in [6.45, 7) is 10.9. The molecule has 0 unspecified atom stereocenters. The van der Waals surface area contributed by atoms with Gasteiger partial charge in [-0.05, 0) is 79.0 Å². The van der Waals surface area contributed by atoms with Crippen LogP contribution in [0.2, 0.25) is 0 Å². The van der Waals surface area contributed by atoms with Crippen molar-refractivity contribution in [1.29, 1.82) is 0 Å². The average Bonchev–Trinajstić information content (AvgIpc) is 3.07. The molecule has 0 spiro atoms. The second kappa shape index (κ2) is 9.01. The number of aromatic nitrogens is 2. The molecule has 194 valence electrons. The maximum absolute atomic E-state index is 12.6. The number of hydrogen-bond acceptors (Lipinski definition) is 5. The first kappa shape index (κ1) is 25.9. The lowest BCUT2D eigenvalue weighted by atomic mass is 9.63. The molecular weight excluding hydrogens is 471 g/mol. The van der Waals surface area contributed by atoms with Gasteiger partial charge in [0.2, 0.25) is 5.95 Å². The molecule has 1 heterocycles. The number of ether oxygens (including phenoxy) is 2. The van der Waals surface area contributed by atoms with Crippen molar-refractivity contribution in [2.24, 2.45) is 10.8 Å². The van der Waals surface area contributed by atoms with Crippen LogP contribution in [0, 0.1) is 17.8 Å². The summed E-state index contributed by atoms with van der Waals surface area (Å²) in [5.41, 5.74) is 3.54. The van der Waals surface area contributed by atoms with Crippen molar-refractivity contribution in [2.45, 2.75) is 66.3 Å². The number of methoxy groups -OCH3 is 1. The van der Waals surface area contributed by atoms with Crippen LogP contribution in [0.1, 0.15) is 68.9 Å². The molecular formula is C27H32F3N3O3. The van der Waals surface area contributed by atoms with Gasteiger partial charge in [0.15, 0.2) is 0 Å². The van der Waals surface area contributed by atoms with Crippen molar-refractivity contribution in [2.75, 3.05) is 12.4 Å². The fourth-order valence-electron chi connectivity index (χ4n) is 5.87. The fraction of sp³-hybridized carbons (Fsp3) is 0.481. The van der Waals surface area contributed by atoms with Gasteiger partial charge in [-0.15, -0.1) is 13.2 Å². The van der Waals surface area contributed by atoms with Crippen LogP contribution in [0.4, 0.5) is 24.8 Å². The van der Waals surface area contributed by atoms with Gasteiger partial charge in [0.1, 0.15) is 5.75 Å². The summed E-state index contributed by atoms with van der Waals surface area (Å²) in [7, 11) is 1.34. The number of carbonyl (C=O) groups excluding carboxylic acids is 1. The van der Waals surface area contributed by atoms with E-state index in [0.29, 0.717) is 22.7 Å². The van der Waals surface area contributed by atoms with E-state index in [0.717, 1.165) is 30.3 Å². The third-order valence-corrected chi connectivity index (χ3v) is 6.68. The van der Waals surface area contributed by atoms with Gasteiger partial charge in [-0.2, -0.15) is 0 Å². The van der Waals surface area contributed by atoms with Crippen molar-refractivity contribution in [3.8, 4) is 5.75 Å². The third-order valence-electron chi connectivity index (χ3n) is 6.68. The molecule has 0 radical (unpaired) electrons. The van der Waals surface area contributed by atoms with Gasteiger partial charge in [-0.25, -0.2) is 9.78 Å². The van der Waals surface area contributed by atoms with Crippen LogP contribution in [0.5, 0.6) is 5.75 Å². The first-order valence-electron chi connectivity index (χ1n) is 11.9. The molecule has 36 heavy (non-hydrogen) atoms. The molecule has 1 N–H and O–H groups in total. The molecule has 0 saturated heterocycles. The quantitative estimate of drug-likeness (QED) is 0.364. The van der Waals surface area contributed by atoms with Crippen LogP contribution in [0.25, 0.3) is 11.0 Å². The number of esters is 1. The monoisotopic (exact) mass is 503 g/mol. The minimum atomic E-state index is -4.75. The van der Waals surface area contributed by atoms with E-state index in [9.17, 15) is 18.0 Å². The van der Waals surface area contributed by atoms with Crippen LogP contribution >= 0.6 is 0 Å². The molecule has 0 bridgehead atoms. The number of anilines is 2. The molecule has 4 rings (SSSR count). The number of nitrogens with one attached hydrogen (secondary N) is 1. The Bertz CT molecular complexity index is 1260. The van der Waals surface area contributed by atoms with Gasteiger partial charge >= 0.3 is 12.3 Å². The van der Waals surface area contributed by atoms with E-state index >= 15 is 0 Å². The maximum atomic E-state index is 12.6. The normalized spacial score (nSPS) is 17.7. The summed E-state index contributed by atoms with van der Waals surface area (Å²) in [5, 5.41) is 3.29. The Morgan fingerprint density at radius 3 is 2.25 bits per heavy atom. The lowest BCUT2D eigenvalue weighted by molar-refractivity contribution is -0.274. The molecule has 9 heteroatoms. The number of hydrogen-bond donors (Lipinski definition) is 1. The van der Waals surface area contributed by atoms with Crippen LogP contribution in [0.15, 0.2) is 36.4 Å². The summed E-state index contributed by atoms with van der Waals surface area (Å²) in [6.07, 6.45) is -1.78. The SMILES string of the molecule is COC(=O)c1cc2nc(Nc3ccc(OC(F)(F)F)cc3)n(C3CC(C)(C)CC(C)(C)C3)c2cc1C. The Morgan fingerprint density at radius 1 is 1.08 bits per heavy atom. The summed E-state index contributed by atoms with van der Waals surface area (Å²) in [5.74, 6) is -0.163. The first-order valence-corrected chi connectivity index (χ1v) is 11.9. The fourth-order valence-corrected chi connectivity index (χ4v) is 5.87. The minimum Gasteiger partial charge on any atom is -0.465 e. The largest absolute Gasteiger partial charge is 0.573 e. The van der Waals surface area contributed by atoms with Gasteiger partial charge in [-0.3, -0.25) is 0 Å². The molecule has 0 amide bonds. The highest BCUT2D eigenvalue weighted by Crippen LogP contribution is 2.51. The topological polar surface area (TPSA) is 65.4 Å². The highest BCUT2D eigenvalue weighted by molar-refractivity contribution is 5.96. The molecule has 1 saturated carbocycles. The van der Waals surface area contributed by atoms with E-state index in [4.69, 9.17) is 9.72 Å². The van der Waals surface area contributed by atoms with Gasteiger partial charge in [-0.1, -0.05) is 27.7 Å². The van der Waals surface area contributed by atoms with Gasteiger partial charge in [0.25, 0.3) is 0 Å². The van der Waals surface area contributed by atoms with Gasteiger partial charge < -0.3 is 19.4 Å². The molecule has 0 aliphatic heterocycles. The van der Waals surface area contributed by atoms with Gasteiger partial charge in [0, 0.05) is 11.7 Å². The maximum Gasteiger partial charge on any atom is 0.573 e. The molecule has 1 aliphatic carbocycles. The Hall–Kier alpha value is -3.23. The number of alkyl halides is 3. The van der Waals surface area contributed by atoms with E-state index < -0.39 is 12.3 Å². The van der Waals surface area contributed by atoms with Crippen LogP contribution in [-0.4, -0.2) is 29.0 Å². The number of carbonyl (C=O) groups is 1. The second-order valence-corrected chi connectivity index (χ2v) is 11.2. The van der Waals surface area contributed by atoms with E-state index in [-0.39, 0.29) is 22.6 Å². The number of imidazole rings is 1. The lowest BCUT2D eigenvalue weighted by Crippen LogP contribution is -2.35. The number of nitrogens with zero attached hydrogens (tertiary/aromatic N) is 2. The molecule has 6 nitrogen and oxygen atoms in total. The van der Waals surface area contributed by atoms with Crippen molar-refractivity contribution in [1.82, 2.24) is 9.55 Å². The molecule has 1 aliphatic rings. The smallest absolute Gasteiger partial charge is 0.465 e. The van der Waals surface area contributed by atoms with Crippen LogP contribution in [0.3, 0.4) is 0 Å². The summed E-state index contributed by atoms with van der Waals surface area (Å²) in [6, 6.07) is 9.37. The third kappa shape index (κ3) is 5.60. The Kier molecular flexibility index (Phi) is 6.47. The summed E-state index contributed by atoms with van der Waals surface area (Å²) >= 11 is 0. The average molecular weight is 504 g/mol. The summed E-state index contributed by atoms with van der Waals surface area (Å²) < 4.78 is 48.8.